The molecule has 3 nitrogen and oxygen atoms in total. The van der Waals surface area contributed by atoms with Gasteiger partial charge in [-0.25, -0.2) is 8.78 Å². The first-order valence-corrected chi connectivity index (χ1v) is 6.19. The first kappa shape index (κ1) is 15.0. The molecule has 0 bridgehead atoms. The molecule has 2 aromatic rings. The van der Waals surface area contributed by atoms with Gasteiger partial charge in [-0.15, -0.1) is 0 Å². The number of hydrogen-bond acceptors (Lipinski definition) is 3. The maximum Gasteiger partial charge on any atom is 0.186 e. The van der Waals surface area contributed by atoms with E-state index in [4.69, 9.17) is 14.6 Å². The van der Waals surface area contributed by atoms with Gasteiger partial charge in [0.2, 0.25) is 0 Å². The lowest BCUT2D eigenvalue weighted by molar-refractivity contribution is 0.0985. The topological polar surface area (TPSA) is 38.7 Å². The summed E-state index contributed by atoms with van der Waals surface area (Å²) in [5, 5.41) is 8.60. The molecule has 0 saturated heterocycles. The van der Waals surface area contributed by atoms with Gasteiger partial charge >= 0.3 is 0 Å². The first-order chi connectivity index (χ1) is 10.2. The van der Waals surface area contributed by atoms with E-state index < -0.39 is 18.4 Å². The van der Waals surface area contributed by atoms with E-state index in [1.54, 1.807) is 12.1 Å². The van der Waals surface area contributed by atoms with E-state index in [0.29, 0.717) is 11.5 Å². The summed E-state index contributed by atoms with van der Waals surface area (Å²) in [6.45, 7) is -0.474. The summed E-state index contributed by atoms with van der Waals surface area (Å²) in [6, 6.07) is 11.7. The van der Waals surface area contributed by atoms with Gasteiger partial charge in [-0.05, 0) is 48.5 Å². The number of rotatable bonds is 5. The van der Waals surface area contributed by atoms with Crippen LogP contribution in [0, 0.1) is 0 Å². The molecule has 21 heavy (non-hydrogen) atoms. The van der Waals surface area contributed by atoms with Crippen LogP contribution >= 0.6 is 0 Å². The summed E-state index contributed by atoms with van der Waals surface area (Å²) in [5.74, 6) is -0.972. The largest absolute Gasteiger partial charge is 0.497 e. The average Bonchev–Trinajstić information content (AvgIpc) is 2.54. The van der Waals surface area contributed by atoms with Crippen LogP contribution in [0.4, 0.5) is 8.78 Å². The molecule has 0 heterocycles. The molecular weight excluding hydrogens is 278 g/mol. The molecule has 0 spiro atoms. The standard InChI is InChI=1S/C16H14F2O3/c1-20-13-6-2-11(3-7-13)15(17)16(18)12-4-8-14(9-5-12)21-10-19/h2-9,19H,10H2,1H3/b16-15+. The van der Waals surface area contributed by atoms with Crippen molar-refractivity contribution in [2.45, 2.75) is 0 Å². The van der Waals surface area contributed by atoms with E-state index in [-0.39, 0.29) is 11.1 Å². The van der Waals surface area contributed by atoms with Crippen molar-refractivity contribution < 1.29 is 23.4 Å². The van der Waals surface area contributed by atoms with Crippen molar-refractivity contribution in [3.8, 4) is 11.5 Å². The Bertz CT molecular complexity index is 619. The molecule has 1 N–H and O–H groups in total. The zero-order valence-corrected chi connectivity index (χ0v) is 11.3. The molecule has 0 aliphatic heterocycles. The van der Waals surface area contributed by atoms with Crippen LogP contribution in [0.25, 0.3) is 11.7 Å². The van der Waals surface area contributed by atoms with Crippen LogP contribution in [0.3, 0.4) is 0 Å². The molecule has 110 valence electrons. The summed E-state index contributed by atoms with van der Waals surface area (Å²) >= 11 is 0. The van der Waals surface area contributed by atoms with E-state index >= 15 is 0 Å². The van der Waals surface area contributed by atoms with Gasteiger partial charge < -0.3 is 14.6 Å². The number of methoxy groups -OCH3 is 1. The van der Waals surface area contributed by atoms with Gasteiger partial charge in [0, 0.05) is 11.1 Å². The van der Waals surface area contributed by atoms with Crippen LogP contribution in [-0.4, -0.2) is 19.0 Å². The lowest BCUT2D eigenvalue weighted by atomic mass is 10.1. The Hall–Kier alpha value is -2.40. The molecule has 2 rings (SSSR count). The predicted octanol–water partition coefficient (Wildman–Crippen LogP) is 3.79. The fourth-order valence-corrected chi connectivity index (χ4v) is 1.76. The highest BCUT2D eigenvalue weighted by atomic mass is 19.2. The SMILES string of the molecule is COc1ccc(/C(F)=C(\F)c2ccc(OCO)cc2)cc1. The predicted molar refractivity (Wildman–Crippen MR) is 76.2 cm³/mol. The first-order valence-electron chi connectivity index (χ1n) is 6.19. The number of halogens is 2. The second-order valence-corrected chi connectivity index (χ2v) is 4.15. The third-order valence-electron chi connectivity index (χ3n) is 2.88. The van der Waals surface area contributed by atoms with Gasteiger partial charge in [-0.2, -0.15) is 0 Å². The van der Waals surface area contributed by atoms with Crippen molar-refractivity contribution in [1.29, 1.82) is 0 Å². The van der Waals surface area contributed by atoms with Gasteiger partial charge in [0.05, 0.1) is 7.11 Å². The van der Waals surface area contributed by atoms with Crippen molar-refractivity contribution in [2.75, 3.05) is 13.9 Å². The highest BCUT2D eigenvalue weighted by molar-refractivity contribution is 5.83. The van der Waals surface area contributed by atoms with Gasteiger partial charge in [0.1, 0.15) is 11.5 Å². The van der Waals surface area contributed by atoms with Crippen molar-refractivity contribution in [3.05, 3.63) is 59.7 Å². The van der Waals surface area contributed by atoms with E-state index in [9.17, 15) is 8.78 Å². The Balaban J connectivity index is 2.27. The van der Waals surface area contributed by atoms with Crippen LogP contribution in [0.15, 0.2) is 48.5 Å². The lowest BCUT2D eigenvalue weighted by Gasteiger charge is -2.05. The molecule has 2 aromatic carbocycles. The van der Waals surface area contributed by atoms with Gasteiger partial charge in [0.25, 0.3) is 0 Å². The Kier molecular flexibility index (Phi) is 4.90. The summed E-state index contributed by atoms with van der Waals surface area (Å²) in [5.41, 5.74) is 0.220. The minimum absolute atomic E-state index is 0.0913. The van der Waals surface area contributed by atoms with Crippen LogP contribution in [0.1, 0.15) is 11.1 Å². The Morgan fingerprint density at radius 3 is 1.67 bits per heavy atom. The molecular formula is C16H14F2O3. The third kappa shape index (κ3) is 3.58. The van der Waals surface area contributed by atoms with Crippen molar-refractivity contribution in [3.63, 3.8) is 0 Å². The number of hydrogen-bond donors (Lipinski definition) is 1. The Labute approximate surface area is 121 Å². The fourth-order valence-electron chi connectivity index (χ4n) is 1.76. The zero-order valence-electron chi connectivity index (χ0n) is 11.3. The Morgan fingerprint density at radius 1 is 0.857 bits per heavy atom. The fraction of sp³-hybridized carbons (Fsp3) is 0.125. The molecule has 0 amide bonds. The van der Waals surface area contributed by atoms with Gasteiger partial charge in [-0.3, -0.25) is 0 Å². The molecule has 0 atom stereocenters. The smallest absolute Gasteiger partial charge is 0.186 e. The quantitative estimate of drug-likeness (QED) is 0.673. The minimum atomic E-state index is -0.962. The van der Waals surface area contributed by atoms with Crippen LogP contribution in [0.2, 0.25) is 0 Å². The number of aliphatic hydroxyl groups is 1. The second-order valence-electron chi connectivity index (χ2n) is 4.15. The van der Waals surface area contributed by atoms with Crippen LogP contribution < -0.4 is 9.47 Å². The van der Waals surface area contributed by atoms with Crippen molar-refractivity contribution in [2.24, 2.45) is 0 Å². The van der Waals surface area contributed by atoms with E-state index in [1.165, 1.54) is 43.5 Å². The van der Waals surface area contributed by atoms with E-state index in [2.05, 4.69) is 0 Å². The maximum atomic E-state index is 14.1. The van der Waals surface area contributed by atoms with E-state index in [0.717, 1.165) is 0 Å². The molecule has 0 fully saturated rings. The molecule has 0 saturated carbocycles. The van der Waals surface area contributed by atoms with Crippen LogP contribution in [-0.2, 0) is 0 Å². The molecule has 5 heteroatoms. The molecule has 0 radical (unpaired) electrons. The van der Waals surface area contributed by atoms with Crippen LogP contribution in [0.5, 0.6) is 11.5 Å². The monoisotopic (exact) mass is 292 g/mol. The lowest BCUT2D eigenvalue weighted by Crippen LogP contribution is -1.94. The highest BCUT2D eigenvalue weighted by Gasteiger charge is 2.11. The van der Waals surface area contributed by atoms with Crippen molar-refractivity contribution >= 4 is 11.7 Å². The summed E-state index contributed by atoms with van der Waals surface area (Å²) in [4.78, 5) is 0. The van der Waals surface area contributed by atoms with Gasteiger partial charge in [0.15, 0.2) is 18.4 Å². The van der Waals surface area contributed by atoms with Gasteiger partial charge in [-0.1, -0.05) is 0 Å². The molecule has 0 unspecified atom stereocenters. The van der Waals surface area contributed by atoms with E-state index in [1.807, 2.05) is 0 Å². The number of aliphatic hydroxyl groups excluding tert-OH is 1. The highest BCUT2D eigenvalue weighted by Crippen LogP contribution is 2.30. The number of benzene rings is 2. The zero-order chi connectivity index (χ0) is 15.2. The molecule has 0 aliphatic rings. The molecule has 0 aromatic heterocycles. The summed E-state index contributed by atoms with van der Waals surface area (Å²) < 4.78 is 38.0. The minimum Gasteiger partial charge on any atom is -0.497 e. The third-order valence-corrected chi connectivity index (χ3v) is 2.88. The summed E-state index contributed by atoms with van der Waals surface area (Å²) in [7, 11) is 1.50. The average molecular weight is 292 g/mol. The summed E-state index contributed by atoms with van der Waals surface area (Å²) in [6.07, 6.45) is 0. The number of ether oxygens (including phenoxy) is 2. The molecule has 0 aliphatic carbocycles. The van der Waals surface area contributed by atoms with Crippen molar-refractivity contribution in [1.82, 2.24) is 0 Å². The Morgan fingerprint density at radius 2 is 1.29 bits per heavy atom. The normalized spacial score (nSPS) is 11.8. The maximum absolute atomic E-state index is 14.1. The second kappa shape index (κ2) is 6.85.